The van der Waals surface area contributed by atoms with Gasteiger partial charge in [0.05, 0.1) is 6.61 Å². The molecule has 0 aromatic carbocycles. The highest BCUT2D eigenvalue weighted by molar-refractivity contribution is 6.29. The van der Waals surface area contributed by atoms with Gasteiger partial charge in [-0.3, -0.25) is 5.84 Å². The van der Waals surface area contributed by atoms with Gasteiger partial charge < -0.3 is 4.74 Å². The predicted octanol–water partition coefficient (Wildman–Crippen LogP) is 1.54. The number of rotatable bonds is 3. The molecule has 0 aliphatic carbocycles. The lowest BCUT2D eigenvalue weighted by Gasteiger charge is -2.17. The van der Waals surface area contributed by atoms with Gasteiger partial charge >= 0.3 is 0 Å². The molecule has 5 heteroatoms. The van der Waals surface area contributed by atoms with Gasteiger partial charge in [0, 0.05) is 12.6 Å². The second-order valence-corrected chi connectivity index (χ2v) is 3.64. The van der Waals surface area contributed by atoms with Crippen molar-refractivity contribution >= 4 is 11.6 Å². The molecule has 0 spiro atoms. The molecular formula is C10H12ClN3O. The van der Waals surface area contributed by atoms with Crippen molar-refractivity contribution in [3.8, 4) is 0 Å². The molecule has 4 nitrogen and oxygen atoms in total. The van der Waals surface area contributed by atoms with Crippen LogP contribution in [-0.2, 0) is 4.74 Å². The van der Waals surface area contributed by atoms with Gasteiger partial charge in [-0.15, -0.1) is 0 Å². The molecule has 0 saturated carbocycles. The zero-order valence-corrected chi connectivity index (χ0v) is 8.87. The number of aromatic nitrogens is 1. The number of halogens is 1. The summed E-state index contributed by atoms with van der Waals surface area (Å²) < 4.78 is 5.45. The normalized spacial score (nSPS) is 17.1. The molecule has 0 saturated heterocycles. The monoisotopic (exact) mass is 225 g/mol. The van der Waals surface area contributed by atoms with Crippen LogP contribution >= 0.6 is 11.6 Å². The first-order chi connectivity index (χ1) is 7.31. The number of hydrazine groups is 1. The fourth-order valence-corrected chi connectivity index (χ4v) is 1.65. The Bertz CT molecular complexity index is 363. The topological polar surface area (TPSA) is 60.2 Å². The molecule has 80 valence electrons. The second kappa shape index (κ2) is 4.61. The van der Waals surface area contributed by atoms with Crippen LogP contribution in [0, 0.1) is 0 Å². The van der Waals surface area contributed by atoms with Crippen molar-refractivity contribution in [3.05, 3.63) is 40.9 Å². The Balaban J connectivity index is 2.22. The Hall–Kier alpha value is -1.10. The largest absolute Gasteiger partial charge is 0.496 e. The van der Waals surface area contributed by atoms with Crippen LogP contribution in [0.2, 0.25) is 5.15 Å². The first-order valence-electron chi connectivity index (χ1n) is 4.71. The molecule has 2 rings (SSSR count). The van der Waals surface area contributed by atoms with E-state index in [9.17, 15) is 0 Å². The van der Waals surface area contributed by atoms with Gasteiger partial charge in [-0.1, -0.05) is 17.7 Å². The quantitative estimate of drug-likeness (QED) is 0.466. The SMILES string of the molecule is NNC(C1=CCCO1)c1ccc(Cl)nc1. The standard InChI is InChI=1S/C10H12ClN3O/c11-9-4-3-7(6-13-9)10(14-12)8-2-1-5-15-8/h2-4,6,10,14H,1,5,12H2. The first-order valence-corrected chi connectivity index (χ1v) is 5.09. The molecule has 3 N–H and O–H groups in total. The molecular weight excluding hydrogens is 214 g/mol. The van der Waals surface area contributed by atoms with E-state index in [-0.39, 0.29) is 6.04 Å². The van der Waals surface area contributed by atoms with Crippen LogP contribution < -0.4 is 11.3 Å². The lowest BCUT2D eigenvalue weighted by Crippen LogP contribution is -2.29. The highest BCUT2D eigenvalue weighted by Crippen LogP contribution is 2.25. The zero-order valence-electron chi connectivity index (χ0n) is 8.11. The Kier molecular flexibility index (Phi) is 3.20. The van der Waals surface area contributed by atoms with Crippen LogP contribution in [0.3, 0.4) is 0 Å². The molecule has 1 aromatic rings. The highest BCUT2D eigenvalue weighted by Gasteiger charge is 2.19. The number of hydrogen-bond donors (Lipinski definition) is 2. The lowest BCUT2D eigenvalue weighted by molar-refractivity contribution is 0.215. The summed E-state index contributed by atoms with van der Waals surface area (Å²) in [5.41, 5.74) is 3.64. The molecule has 15 heavy (non-hydrogen) atoms. The maximum absolute atomic E-state index is 5.71. The summed E-state index contributed by atoms with van der Waals surface area (Å²) in [6.45, 7) is 0.717. The summed E-state index contributed by atoms with van der Waals surface area (Å²) in [5, 5.41) is 0.468. The minimum atomic E-state index is -0.141. The van der Waals surface area contributed by atoms with E-state index in [0.717, 1.165) is 17.7 Å². The average Bonchev–Trinajstić information content (AvgIpc) is 2.75. The van der Waals surface area contributed by atoms with Gasteiger partial charge in [0.2, 0.25) is 0 Å². The molecule has 1 aromatic heterocycles. The first kappa shape index (κ1) is 10.4. The fourth-order valence-electron chi connectivity index (χ4n) is 1.54. The maximum atomic E-state index is 5.71. The third-order valence-electron chi connectivity index (χ3n) is 2.27. The van der Waals surface area contributed by atoms with E-state index in [1.54, 1.807) is 12.3 Å². The highest BCUT2D eigenvalue weighted by atomic mass is 35.5. The Morgan fingerprint density at radius 3 is 2.93 bits per heavy atom. The minimum Gasteiger partial charge on any atom is -0.496 e. The van der Waals surface area contributed by atoms with Crippen molar-refractivity contribution in [2.24, 2.45) is 5.84 Å². The van der Waals surface area contributed by atoms with E-state index >= 15 is 0 Å². The molecule has 0 radical (unpaired) electrons. The van der Waals surface area contributed by atoms with Crippen LogP contribution in [-0.4, -0.2) is 11.6 Å². The number of nitrogens with two attached hydrogens (primary N) is 1. The third kappa shape index (κ3) is 2.28. The molecule has 0 amide bonds. The Morgan fingerprint density at radius 1 is 1.53 bits per heavy atom. The third-order valence-corrected chi connectivity index (χ3v) is 2.49. The van der Waals surface area contributed by atoms with Gasteiger partial charge in [0.25, 0.3) is 0 Å². The van der Waals surface area contributed by atoms with Gasteiger partial charge in [-0.05, 0) is 17.7 Å². The van der Waals surface area contributed by atoms with Crippen molar-refractivity contribution in [3.63, 3.8) is 0 Å². The molecule has 0 bridgehead atoms. The van der Waals surface area contributed by atoms with Crippen LogP contribution in [0.25, 0.3) is 0 Å². The van der Waals surface area contributed by atoms with Crippen LogP contribution in [0.4, 0.5) is 0 Å². The van der Waals surface area contributed by atoms with Crippen LogP contribution in [0.15, 0.2) is 30.2 Å². The summed E-state index contributed by atoms with van der Waals surface area (Å²) in [5.74, 6) is 6.34. The van der Waals surface area contributed by atoms with Crippen LogP contribution in [0.1, 0.15) is 18.0 Å². The van der Waals surface area contributed by atoms with E-state index in [0.29, 0.717) is 11.8 Å². The Labute approximate surface area is 93.1 Å². The second-order valence-electron chi connectivity index (χ2n) is 3.26. The molecule has 0 fully saturated rings. The van der Waals surface area contributed by atoms with E-state index < -0.39 is 0 Å². The summed E-state index contributed by atoms with van der Waals surface area (Å²) in [4.78, 5) is 4.01. The van der Waals surface area contributed by atoms with Gasteiger partial charge in [-0.25, -0.2) is 10.4 Å². The Morgan fingerprint density at radius 2 is 2.40 bits per heavy atom. The predicted molar refractivity (Wildman–Crippen MR) is 58.0 cm³/mol. The summed E-state index contributed by atoms with van der Waals surface area (Å²) in [7, 11) is 0. The van der Waals surface area contributed by atoms with Crippen molar-refractivity contribution in [1.29, 1.82) is 0 Å². The number of nitrogens with one attached hydrogen (secondary N) is 1. The number of pyridine rings is 1. The summed E-state index contributed by atoms with van der Waals surface area (Å²) >= 11 is 5.71. The molecule has 2 heterocycles. The molecule has 1 unspecified atom stereocenters. The van der Waals surface area contributed by atoms with Crippen LogP contribution in [0.5, 0.6) is 0 Å². The van der Waals surface area contributed by atoms with Gasteiger partial charge in [0.15, 0.2) is 0 Å². The molecule has 1 aliphatic heterocycles. The smallest absolute Gasteiger partial charge is 0.129 e. The van der Waals surface area contributed by atoms with E-state index in [1.807, 2.05) is 12.1 Å². The zero-order chi connectivity index (χ0) is 10.7. The van der Waals surface area contributed by atoms with Gasteiger partial charge in [-0.2, -0.15) is 0 Å². The number of ether oxygens (including phenoxy) is 1. The number of hydrogen-bond acceptors (Lipinski definition) is 4. The lowest BCUT2D eigenvalue weighted by atomic mass is 10.1. The van der Waals surface area contributed by atoms with Crippen molar-refractivity contribution in [1.82, 2.24) is 10.4 Å². The fraction of sp³-hybridized carbons (Fsp3) is 0.300. The maximum Gasteiger partial charge on any atom is 0.129 e. The van der Waals surface area contributed by atoms with E-state index in [2.05, 4.69) is 10.4 Å². The number of nitrogens with zero attached hydrogens (tertiary/aromatic N) is 1. The van der Waals surface area contributed by atoms with Gasteiger partial charge in [0.1, 0.15) is 17.0 Å². The van der Waals surface area contributed by atoms with Crippen molar-refractivity contribution in [2.75, 3.05) is 6.61 Å². The molecule has 1 atom stereocenters. The molecule has 1 aliphatic rings. The van der Waals surface area contributed by atoms with E-state index in [1.165, 1.54) is 0 Å². The minimum absolute atomic E-state index is 0.141. The average molecular weight is 226 g/mol. The summed E-state index contributed by atoms with van der Waals surface area (Å²) in [6, 6.07) is 3.47. The van der Waals surface area contributed by atoms with Crippen molar-refractivity contribution in [2.45, 2.75) is 12.5 Å². The van der Waals surface area contributed by atoms with E-state index in [4.69, 9.17) is 22.2 Å². The van der Waals surface area contributed by atoms with Crippen molar-refractivity contribution < 1.29 is 4.74 Å². The summed E-state index contributed by atoms with van der Waals surface area (Å²) in [6.07, 6.45) is 4.64.